The lowest BCUT2D eigenvalue weighted by Crippen LogP contribution is -2.45. The Hall–Kier alpha value is -1.93. The van der Waals surface area contributed by atoms with Gasteiger partial charge in [-0.2, -0.15) is 0 Å². The highest BCUT2D eigenvalue weighted by atomic mass is 35.5. The van der Waals surface area contributed by atoms with Crippen LogP contribution in [-0.4, -0.2) is 38.4 Å². The van der Waals surface area contributed by atoms with E-state index in [-0.39, 0.29) is 35.8 Å². The standard InChI is InChI=1S/C20H25N3O3S.ClH/c1-15-9-10-18(27(25,26)22-13-16-6-3-2-4-7-16)12-19(15)20(24)23-11-5-8-17(21)14-23;/h2-4,6-7,9-10,12,17,22H,5,8,11,13-14,21H2,1H3;1H. The van der Waals surface area contributed by atoms with Gasteiger partial charge in [0.2, 0.25) is 10.0 Å². The molecule has 0 spiro atoms. The summed E-state index contributed by atoms with van der Waals surface area (Å²) in [6.45, 7) is 3.16. The molecule has 0 saturated carbocycles. The highest BCUT2D eigenvalue weighted by molar-refractivity contribution is 7.89. The Morgan fingerprint density at radius 2 is 1.93 bits per heavy atom. The third kappa shape index (κ3) is 5.32. The van der Waals surface area contributed by atoms with E-state index < -0.39 is 10.0 Å². The van der Waals surface area contributed by atoms with Crippen LogP contribution in [-0.2, 0) is 16.6 Å². The van der Waals surface area contributed by atoms with Crippen molar-refractivity contribution in [2.45, 2.75) is 37.2 Å². The Morgan fingerprint density at radius 3 is 2.61 bits per heavy atom. The van der Waals surface area contributed by atoms with E-state index in [1.165, 1.54) is 12.1 Å². The van der Waals surface area contributed by atoms with Crippen molar-refractivity contribution < 1.29 is 13.2 Å². The monoisotopic (exact) mass is 423 g/mol. The molecule has 6 nitrogen and oxygen atoms in total. The lowest BCUT2D eigenvalue weighted by atomic mass is 10.0. The van der Waals surface area contributed by atoms with Crippen LogP contribution < -0.4 is 10.5 Å². The predicted octanol–water partition coefficient (Wildman–Crippen LogP) is 2.46. The Morgan fingerprint density at radius 1 is 1.21 bits per heavy atom. The number of hydrogen-bond acceptors (Lipinski definition) is 4. The molecule has 152 valence electrons. The lowest BCUT2D eigenvalue weighted by Gasteiger charge is -2.31. The summed E-state index contributed by atoms with van der Waals surface area (Å²) in [6, 6.07) is 13.9. The number of carbonyl (C=O) groups excluding carboxylic acids is 1. The number of likely N-dealkylation sites (tertiary alicyclic amines) is 1. The second-order valence-corrected chi connectivity index (χ2v) is 8.71. The average Bonchev–Trinajstić information content (AvgIpc) is 2.67. The summed E-state index contributed by atoms with van der Waals surface area (Å²) in [5.41, 5.74) is 8.00. The molecule has 3 N–H and O–H groups in total. The summed E-state index contributed by atoms with van der Waals surface area (Å²) in [5.74, 6) is -0.164. The number of benzene rings is 2. The van der Waals surface area contributed by atoms with Gasteiger partial charge >= 0.3 is 0 Å². The van der Waals surface area contributed by atoms with E-state index in [0.29, 0.717) is 18.7 Å². The molecule has 0 aliphatic carbocycles. The summed E-state index contributed by atoms with van der Waals surface area (Å²) < 4.78 is 27.9. The van der Waals surface area contributed by atoms with Crippen molar-refractivity contribution in [3.63, 3.8) is 0 Å². The van der Waals surface area contributed by atoms with Gasteiger partial charge in [-0.05, 0) is 43.0 Å². The van der Waals surface area contributed by atoms with Crippen molar-refractivity contribution in [1.29, 1.82) is 0 Å². The van der Waals surface area contributed by atoms with Crippen LogP contribution in [0.2, 0.25) is 0 Å². The summed E-state index contributed by atoms with van der Waals surface area (Å²) in [6.07, 6.45) is 1.77. The molecule has 1 aliphatic heterocycles. The van der Waals surface area contributed by atoms with Gasteiger partial charge in [0.1, 0.15) is 0 Å². The number of piperidine rings is 1. The second kappa shape index (κ2) is 9.52. The van der Waals surface area contributed by atoms with Gasteiger partial charge in [0.15, 0.2) is 0 Å². The molecule has 0 bridgehead atoms. The van der Waals surface area contributed by atoms with E-state index in [4.69, 9.17) is 5.73 Å². The number of nitrogens with zero attached hydrogens (tertiary/aromatic N) is 1. The van der Waals surface area contributed by atoms with E-state index in [2.05, 4.69) is 4.72 Å². The highest BCUT2D eigenvalue weighted by Gasteiger charge is 2.25. The molecule has 1 amide bonds. The number of amides is 1. The van der Waals surface area contributed by atoms with Crippen LogP contribution in [0.15, 0.2) is 53.4 Å². The topological polar surface area (TPSA) is 92.5 Å². The number of sulfonamides is 1. The Bertz CT molecular complexity index is 920. The van der Waals surface area contributed by atoms with Gasteiger partial charge < -0.3 is 10.6 Å². The molecule has 3 rings (SSSR count). The smallest absolute Gasteiger partial charge is 0.254 e. The first-order valence-corrected chi connectivity index (χ1v) is 10.5. The largest absolute Gasteiger partial charge is 0.337 e. The fourth-order valence-electron chi connectivity index (χ4n) is 3.22. The summed E-state index contributed by atoms with van der Waals surface area (Å²) in [5, 5.41) is 0. The zero-order valence-corrected chi connectivity index (χ0v) is 17.4. The third-order valence-corrected chi connectivity index (χ3v) is 6.20. The van der Waals surface area contributed by atoms with Crippen LogP contribution >= 0.6 is 12.4 Å². The molecule has 2 aromatic carbocycles. The molecular weight excluding hydrogens is 398 g/mol. The first-order valence-electron chi connectivity index (χ1n) is 9.06. The van der Waals surface area contributed by atoms with E-state index in [1.54, 1.807) is 11.0 Å². The molecule has 0 aromatic heterocycles. The minimum atomic E-state index is -3.72. The molecule has 1 fully saturated rings. The molecule has 1 aliphatic rings. The van der Waals surface area contributed by atoms with Crippen molar-refractivity contribution in [2.75, 3.05) is 13.1 Å². The average molecular weight is 424 g/mol. The van der Waals surface area contributed by atoms with Gasteiger partial charge in [-0.25, -0.2) is 13.1 Å². The van der Waals surface area contributed by atoms with Crippen LogP contribution in [0.1, 0.15) is 34.3 Å². The van der Waals surface area contributed by atoms with Crippen LogP contribution in [0.5, 0.6) is 0 Å². The normalized spacial score (nSPS) is 17.1. The van der Waals surface area contributed by atoms with E-state index in [0.717, 1.165) is 24.0 Å². The molecule has 1 atom stereocenters. The maximum Gasteiger partial charge on any atom is 0.254 e. The van der Waals surface area contributed by atoms with Crippen molar-refractivity contribution in [2.24, 2.45) is 5.73 Å². The van der Waals surface area contributed by atoms with E-state index in [1.807, 2.05) is 37.3 Å². The van der Waals surface area contributed by atoms with Crippen LogP contribution in [0.4, 0.5) is 0 Å². The van der Waals surface area contributed by atoms with E-state index >= 15 is 0 Å². The second-order valence-electron chi connectivity index (χ2n) is 6.94. The van der Waals surface area contributed by atoms with Gasteiger partial charge in [-0.3, -0.25) is 4.79 Å². The Kier molecular flexibility index (Phi) is 7.60. The number of carbonyl (C=O) groups is 1. The van der Waals surface area contributed by atoms with Crippen molar-refractivity contribution in [3.05, 3.63) is 65.2 Å². The molecular formula is C20H26ClN3O3S. The number of hydrogen-bond donors (Lipinski definition) is 2. The van der Waals surface area contributed by atoms with Crippen molar-refractivity contribution in [1.82, 2.24) is 9.62 Å². The SMILES string of the molecule is Cc1ccc(S(=O)(=O)NCc2ccccc2)cc1C(=O)N1CCCC(N)C1.Cl. The van der Waals surface area contributed by atoms with Gasteiger partial charge in [-0.1, -0.05) is 36.4 Å². The first-order chi connectivity index (χ1) is 12.9. The number of nitrogens with two attached hydrogens (primary N) is 1. The quantitative estimate of drug-likeness (QED) is 0.772. The van der Waals surface area contributed by atoms with Crippen LogP contribution in [0.25, 0.3) is 0 Å². The van der Waals surface area contributed by atoms with Gasteiger partial charge in [0.25, 0.3) is 5.91 Å². The summed E-state index contributed by atoms with van der Waals surface area (Å²) in [7, 11) is -3.72. The summed E-state index contributed by atoms with van der Waals surface area (Å²) in [4.78, 5) is 14.7. The van der Waals surface area contributed by atoms with Gasteiger partial charge in [0, 0.05) is 31.2 Å². The Labute approximate surface area is 172 Å². The number of halogens is 1. The predicted molar refractivity (Wildman–Crippen MR) is 112 cm³/mol. The minimum Gasteiger partial charge on any atom is -0.337 e. The van der Waals surface area contributed by atoms with Crippen LogP contribution in [0, 0.1) is 6.92 Å². The molecule has 8 heteroatoms. The van der Waals surface area contributed by atoms with Gasteiger partial charge in [0.05, 0.1) is 4.90 Å². The fourth-order valence-corrected chi connectivity index (χ4v) is 4.26. The molecule has 2 aromatic rings. The number of aryl methyl sites for hydroxylation is 1. The molecule has 1 saturated heterocycles. The molecule has 1 heterocycles. The fraction of sp³-hybridized carbons (Fsp3) is 0.350. The van der Waals surface area contributed by atoms with Crippen molar-refractivity contribution in [3.8, 4) is 0 Å². The highest BCUT2D eigenvalue weighted by Crippen LogP contribution is 2.20. The van der Waals surface area contributed by atoms with E-state index in [9.17, 15) is 13.2 Å². The van der Waals surface area contributed by atoms with Gasteiger partial charge in [-0.15, -0.1) is 12.4 Å². The Balaban J connectivity index is 0.00000280. The molecule has 1 unspecified atom stereocenters. The number of rotatable bonds is 5. The number of nitrogens with one attached hydrogen (secondary N) is 1. The maximum absolute atomic E-state index is 12.9. The molecule has 0 radical (unpaired) electrons. The lowest BCUT2D eigenvalue weighted by molar-refractivity contribution is 0.0708. The molecule has 28 heavy (non-hydrogen) atoms. The first kappa shape index (κ1) is 22.4. The zero-order valence-electron chi connectivity index (χ0n) is 15.8. The maximum atomic E-state index is 12.9. The minimum absolute atomic E-state index is 0. The third-order valence-electron chi connectivity index (χ3n) is 4.80. The summed E-state index contributed by atoms with van der Waals surface area (Å²) >= 11 is 0. The zero-order chi connectivity index (χ0) is 19.4. The van der Waals surface area contributed by atoms with Crippen molar-refractivity contribution >= 4 is 28.3 Å². The van der Waals surface area contributed by atoms with Crippen LogP contribution in [0.3, 0.4) is 0 Å².